The van der Waals surface area contributed by atoms with E-state index in [4.69, 9.17) is 5.73 Å². The summed E-state index contributed by atoms with van der Waals surface area (Å²) in [5.41, 5.74) is 5.58. The average molecular weight is 145 g/mol. The zero-order valence-corrected chi connectivity index (χ0v) is 5.48. The van der Waals surface area contributed by atoms with Gasteiger partial charge in [0.15, 0.2) is 0 Å². The number of halogens is 2. The quantitative estimate of drug-likeness (QED) is 0.594. The van der Waals surface area contributed by atoms with Gasteiger partial charge in [-0.05, 0) is 11.6 Å². The fraction of sp³-hybridized carbons (Fsp3) is 0.429. The minimum Gasteiger partial charge on any atom is -0.326 e. The SMILES string of the molecule is NCC1=CCC(F)C=C1F. The van der Waals surface area contributed by atoms with Crippen LogP contribution in [0, 0.1) is 0 Å². The number of alkyl halides is 1. The Morgan fingerprint density at radius 3 is 2.90 bits per heavy atom. The maximum atomic E-state index is 12.6. The van der Waals surface area contributed by atoms with Crippen molar-refractivity contribution in [2.75, 3.05) is 6.54 Å². The van der Waals surface area contributed by atoms with E-state index in [0.717, 1.165) is 6.08 Å². The Kier molecular flexibility index (Phi) is 2.17. The van der Waals surface area contributed by atoms with Crippen LogP contribution in [0.4, 0.5) is 8.78 Å². The molecule has 1 unspecified atom stereocenters. The number of nitrogens with two attached hydrogens (primary N) is 1. The van der Waals surface area contributed by atoms with Gasteiger partial charge in [-0.25, -0.2) is 8.78 Å². The van der Waals surface area contributed by atoms with Crippen LogP contribution in [-0.2, 0) is 0 Å². The molecule has 0 amide bonds. The molecule has 1 atom stereocenters. The topological polar surface area (TPSA) is 26.0 Å². The van der Waals surface area contributed by atoms with Crippen LogP contribution in [-0.4, -0.2) is 12.7 Å². The Bertz CT molecular complexity index is 184. The van der Waals surface area contributed by atoms with E-state index >= 15 is 0 Å². The maximum Gasteiger partial charge on any atom is 0.126 e. The van der Waals surface area contributed by atoms with E-state index in [9.17, 15) is 8.78 Å². The first-order valence-corrected chi connectivity index (χ1v) is 3.15. The highest BCUT2D eigenvalue weighted by Crippen LogP contribution is 2.20. The second-order valence-corrected chi connectivity index (χ2v) is 2.20. The van der Waals surface area contributed by atoms with Gasteiger partial charge in [0, 0.05) is 13.0 Å². The summed E-state index contributed by atoms with van der Waals surface area (Å²) in [4.78, 5) is 0. The van der Waals surface area contributed by atoms with Gasteiger partial charge in [-0.3, -0.25) is 0 Å². The van der Waals surface area contributed by atoms with Gasteiger partial charge in [0.25, 0.3) is 0 Å². The van der Waals surface area contributed by atoms with Gasteiger partial charge in [-0.15, -0.1) is 0 Å². The van der Waals surface area contributed by atoms with Gasteiger partial charge in [0.2, 0.25) is 0 Å². The first kappa shape index (κ1) is 7.41. The summed E-state index contributed by atoms with van der Waals surface area (Å²) in [5, 5.41) is 0. The molecule has 1 aliphatic rings. The summed E-state index contributed by atoms with van der Waals surface area (Å²) < 4.78 is 24.9. The van der Waals surface area contributed by atoms with E-state index in [1.165, 1.54) is 6.08 Å². The Hall–Kier alpha value is -0.700. The van der Waals surface area contributed by atoms with Crippen molar-refractivity contribution < 1.29 is 8.78 Å². The molecule has 0 saturated heterocycles. The molecule has 1 rings (SSSR count). The molecule has 0 bridgehead atoms. The van der Waals surface area contributed by atoms with E-state index in [1.807, 2.05) is 0 Å². The fourth-order valence-corrected chi connectivity index (χ4v) is 0.867. The molecule has 3 heteroatoms. The van der Waals surface area contributed by atoms with Gasteiger partial charge in [-0.2, -0.15) is 0 Å². The molecule has 0 saturated carbocycles. The number of hydrogen-bond donors (Lipinski definition) is 1. The summed E-state index contributed by atoms with van der Waals surface area (Å²) in [6.45, 7) is 0.148. The van der Waals surface area contributed by atoms with Crippen LogP contribution < -0.4 is 5.73 Å². The smallest absolute Gasteiger partial charge is 0.126 e. The summed E-state index contributed by atoms with van der Waals surface area (Å²) in [6.07, 6.45) is 1.54. The lowest BCUT2D eigenvalue weighted by Gasteiger charge is -2.09. The Balaban J connectivity index is 2.71. The molecule has 0 spiro atoms. The molecule has 1 nitrogen and oxygen atoms in total. The van der Waals surface area contributed by atoms with Crippen LogP contribution in [0.25, 0.3) is 0 Å². The fourth-order valence-electron chi connectivity index (χ4n) is 0.867. The summed E-state index contributed by atoms with van der Waals surface area (Å²) >= 11 is 0. The van der Waals surface area contributed by atoms with Crippen molar-refractivity contribution in [1.29, 1.82) is 0 Å². The van der Waals surface area contributed by atoms with Crippen molar-refractivity contribution in [3.8, 4) is 0 Å². The second kappa shape index (κ2) is 2.92. The van der Waals surface area contributed by atoms with Crippen LogP contribution >= 0.6 is 0 Å². The van der Waals surface area contributed by atoms with Crippen molar-refractivity contribution in [3.63, 3.8) is 0 Å². The zero-order valence-electron chi connectivity index (χ0n) is 5.48. The third kappa shape index (κ3) is 1.42. The van der Waals surface area contributed by atoms with Crippen molar-refractivity contribution in [2.45, 2.75) is 12.6 Å². The predicted molar refractivity (Wildman–Crippen MR) is 35.8 cm³/mol. The van der Waals surface area contributed by atoms with Crippen molar-refractivity contribution in [1.82, 2.24) is 0 Å². The maximum absolute atomic E-state index is 12.6. The highest BCUT2D eigenvalue weighted by molar-refractivity contribution is 5.30. The highest BCUT2D eigenvalue weighted by Gasteiger charge is 2.12. The summed E-state index contributed by atoms with van der Waals surface area (Å²) in [6, 6.07) is 0. The largest absolute Gasteiger partial charge is 0.326 e. The molecule has 0 aromatic rings. The molecular formula is C7H9F2N. The van der Waals surface area contributed by atoms with Crippen LogP contribution in [0.3, 0.4) is 0 Å². The minimum absolute atomic E-state index is 0.148. The lowest BCUT2D eigenvalue weighted by Crippen LogP contribution is -2.09. The molecule has 1 aliphatic carbocycles. The standard InChI is InChI=1S/C7H9F2N/c8-6-2-1-5(4-10)7(9)3-6/h1,3,6H,2,4,10H2. The molecule has 0 aromatic carbocycles. The third-order valence-corrected chi connectivity index (χ3v) is 1.44. The van der Waals surface area contributed by atoms with E-state index in [2.05, 4.69) is 0 Å². The zero-order chi connectivity index (χ0) is 7.56. The van der Waals surface area contributed by atoms with Crippen LogP contribution in [0.5, 0.6) is 0 Å². The van der Waals surface area contributed by atoms with Gasteiger partial charge >= 0.3 is 0 Å². The average Bonchev–Trinajstić information content (AvgIpc) is 1.88. The van der Waals surface area contributed by atoms with Crippen molar-refractivity contribution in [3.05, 3.63) is 23.6 Å². The second-order valence-electron chi connectivity index (χ2n) is 2.20. The Morgan fingerprint density at radius 1 is 1.70 bits per heavy atom. The molecule has 0 radical (unpaired) electrons. The molecule has 0 aromatic heterocycles. The minimum atomic E-state index is -1.17. The van der Waals surface area contributed by atoms with Crippen molar-refractivity contribution >= 4 is 0 Å². The summed E-state index contributed by atoms with van der Waals surface area (Å²) in [5.74, 6) is -0.513. The molecule has 10 heavy (non-hydrogen) atoms. The van der Waals surface area contributed by atoms with Crippen LogP contribution in [0.2, 0.25) is 0 Å². The number of hydrogen-bond acceptors (Lipinski definition) is 1. The third-order valence-electron chi connectivity index (χ3n) is 1.44. The van der Waals surface area contributed by atoms with E-state index < -0.39 is 12.0 Å². The van der Waals surface area contributed by atoms with E-state index in [-0.39, 0.29) is 13.0 Å². The molecule has 56 valence electrons. The molecule has 0 heterocycles. The van der Waals surface area contributed by atoms with Gasteiger partial charge in [-0.1, -0.05) is 6.08 Å². The molecule has 2 N–H and O–H groups in total. The molecule has 0 fully saturated rings. The Labute approximate surface area is 58.2 Å². The lowest BCUT2D eigenvalue weighted by atomic mass is 10.1. The molecule has 0 aliphatic heterocycles. The van der Waals surface area contributed by atoms with E-state index in [1.54, 1.807) is 0 Å². The summed E-state index contributed by atoms with van der Waals surface area (Å²) in [7, 11) is 0. The van der Waals surface area contributed by atoms with Gasteiger partial charge in [0.05, 0.1) is 0 Å². The van der Waals surface area contributed by atoms with Gasteiger partial charge in [0.1, 0.15) is 12.0 Å². The normalized spacial score (nSPS) is 25.7. The highest BCUT2D eigenvalue weighted by atomic mass is 19.1. The van der Waals surface area contributed by atoms with Crippen LogP contribution in [0.1, 0.15) is 6.42 Å². The molecular weight excluding hydrogens is 136 g/mol. The van der Waals surface area contributed by atoms with Gasteiger partial charge < -0.3 is 5.73 Å². The number of allylic oxidation sites excluding steroid dienone is 2. The predicted octanol–water partition coefficient (Wildman–Crippen LogP) is 1.47. The Morgan fingerprint density at radius 2 is 2.40 bits per heavy atom. The first-order valence-electron chi connectivity index (χ1n) is 3.15. The number of rotatable bonds is 1. The lowest BCUT2D eigenvalue weighted by molar-refractivity contribution is 0.390. The first-order chi connectivity index (χ1) is 4.74. The van der Waals surface area contributed by atoms with Crippen LogP contribution in [0.15, 0.2) is 23.6 Å². The van der Waals surface area contributed by atoms with Crippen molar-refractivity contribution in [2.24, 2.45) is 5.73 Å². The monoisotopic (exact) mass is 145 g/mol. The van der Waals surface area contributed by atoms with E-state index in [0.29, 0.717) is 5.57 Å².